The van der Waals surface area contributed by atoms with Crippen LogP contribution in [0.15, 0.2) is 0 Å². The zero-order valence-electron chi connectivity index (χ0n) is 11.2. The number of rotatable bonds is 3. The third-order valence-electron chi connectivity index (χ3n) is 2.88. The quantitative estimate of drug-likeness (QED) is 0.784. The van der Waals surface area contributed by atoms with Crippen LogP contribution in [0.4, 0.5) is 4.79 Å². The van der Waals surface area contributed by atoms with Gasteiger partial charge in [0.25, 0.3) is 0 Å². The molecule has 1 fully saturated rings. The fourth-order valence-corrected chi connectivity index (χ4v) is 2.16. The number of carbonyl (C=O) groups excluding carboxylic acids is 1. The molecule has 0 saturated heterocycles. The Morgan fingerprint density at radius 2 is 2.06 bits per heavy atom. The second-order valence-corrected chi connectivity index (χ2v) is 5.65. The third-order valence-corrected chi connectivity index (χ3v) is 2.88. The summed E-state index contributed by atoms with van der Waals surface area (Å²) in [6.45, 7) is 6.09. The van der Waals surface area contributed by atoms with Crippen LogP contribution in [0.25, 0.3) is 0 Å². The van der Waals surface area contributed by atoms with E-state index >= 15 is 0 Å². The Bertz CT molecular complexity index is 263. The summed E-state index contributed by atoms with van der Waals surface area (Å²) in [5.41, 5.74) is 5.41. The SMILES string of the molecule is CO[C@@H]1C[C@H](N)C[C@H]1CNC(=O)OC(C)(C)C. The molecule has 0 unspecified atom stereocenters. The van der Waals surface area contributed by atoms with Gasteiger partial charge in [0, 0.05) is 25.6 Å². The predicted octanol–water partition coefficient (Wildman–Crippen LogP) is 1.26. The fourth-order valence-electron chi connectivity index (χ4n) is 2.16. The van der Waals surface area contributed by atoms with E-state index in [0.717, 1.165) is 12.8 Å². The van der Waals surface area contributed by atoms with Gasteiger partial charge < -0.3 is 20.5 Å². The van der Waals surface area contributed by atoms with E-state index in [2.05, 4.69) is 5.32 Å². The van der Waals surface area contributed by atoms with Crippen LogP contribution in [0.1, 0.15) is 33.6 Å². The number of methoxy groups -OCH3 is 1. The van der Waals surface area contributed by atoms with Crippen LogP contribution < -0.4 is 11.1 Å². The molecule has 5 nitrogen and oxygen atoms in total. The number of hydrogen-bond donors (Lipinski definition) is 2. The first-order valence-electron chi connectivity index (χ1n) is 6.07. The van der Waals surface area contributed by atoms with Crippen LogP contribution in [-0.2, 0) is 9.47 Å². The maximum absolute atomic E-state index is 11.5. The van der Waals surface area contributed by atoms with E-state index in [4.69, 9.17) is 15.2 Å². The maximum atomic E-state index is 11.5. The summed E-state index contributed by atoms with van der Waals surface area (Å²) in [4.78, 5) is 11.5. The minimum atomic E-state index is -0.461. The van der Waals surface area contributed by atoms with Gasteiger partial charge in [-0.1, -0.05) is 0 Å². The van der Waals surface area contributed by atoms with Gasteiger partial charge in [-0.3, -0.25) is 0 Å². The Morgan fingerprint density at radius 1 is 1.41 bits per heavy atom. The Morgan fingerprint density at radius 3 is 2.59 bits per heavy atom. The van der Waals surface area contributed by atoms with E-state index in [0.29, 0.717) is 6.54 Å². The molecule has 5 heteroatoms. The van der Waals surface area contributed by atoms with Crippen LogP contribution >= 0.6 is 0 Å². The fraction of sp³-hybridized carbons (Fsp3) is 0.917. The Labute approximate surface area is 103 Å². The molecule has 1 aliphatic carbocycles. The van der Waals surface area contributed by atoms with E-state index in [1.165, 1.54) is 0 Å². The summed E-state index contributed by atoms with van der Waals surface area (Å²) < 4.78 is 10.5. The maximum Gasteiger partial charge on any atom is 0.407 e. The summed E-state index contributed by atoms with van der Waals surface area (Å²) in [5, 5.41) is 2.77. The topological polar surface area (TPSA) is 73.6 Å². The van der Waals surface area contributed by atoms with Crippen molar-refractivity contribution in [3.63, 3.8) is 0 Å². The lowest BCUT2D eigenvalue weighted by molar-refractivity contribution is 0.0457. The lowest BCUT2D eigenvalue weighted by atomic mass is 10.1. The first-order valence-corrected chi connectivity index (χ1v) is 6.07. The molecule has 0 aliphatic heterocycles. The number of nitrogens with one attached hydrogen (secondary N) is 1. The van der Waals surface area contributed by atoms with Gasteiger partial charge in [0.1, 0.15) is 5.60 Å². The summed E-state index contributed by atoms with van der Waals surface area (Å²) >= 11 is 0. The summed E-state index contributed by atoms with van der Waals surface area (Å²) in [6, 6.07) is 0.172. The minimum absolute atomic E-state index is 0.139. The van der Waals surface area contributed by atoms with Gasteiger partial charge in [-0.2, -0.15) is 0 Å². The lowest BCUT2D eigenvalue weighted by Crippen LogP contribution is -2.37. The van der Waals surface area contributed by atoms with Crippen molar-refractivity contribution in [3.8, 4) is 0 Å². The molecule has 0 aromatic heterocycles. The van der Waals surface area contributed by atoms with E-state index in [9.17, 15) is 4.79 Å². The van der Waals surface area contributed by atoms with Crippen molar-refractivity contribution < 1.29 is 14.3 Å². The molecule has 0 aromatic carbocycles. The molecular formula is C12H24N2O3. The van der Waals surface area contributed by atoms with Crippen LogP contribution in [0, 0.1) is 5.92 Å². The van der Waals surface area contributed by atoms with Gasteiger partial charge in [0.15, 0.2) is 0 Å². The first kappa shape index (κ1) is 14.3. The predicted molar refractivity (Wildman–Crippen MR) is 65.7 cm³/mol. The van der Waals surface area contributed by atoms with Crippen molar-refractivity contribution >= 4 is 6.09 Å². The van der Waals surface area contributed by atoms with Gasteiger partial charge in [0.2, 0.25) is 0 Å². The molecule has 1 saturated carbocycles. The van der Waals surface area contributed by atoms with Crippen LogP contribution in [0.2, 0.25) is 0 Å². The zero-order valence-corrected chi connectivity index (χ0v) is 11.2. The summed E-state index contributed by atoms with van der Waals surface area (Å²) in [5.74, 6) is 0.280. The van der Waals surface area contributed by atoms with Crippen LogP contribution in [0.3, 0.4) is 0 Å². The molecule has 0 aromatic rings. The van der Waals surface area contributed by atoms with Crippen molar-refractivity contribution in [1.82, 2.24) is 5.32 Å². The number of carbonyl (C=O) groups is 1. The van der Waals surface area contributed by atoms with Gasteiger partial charge in [-0.25, -0.2) is 4.79 Å². The molecule has 0 radical (unpaired) electrons. The minimum Gasteiger partial charge on any atom is -0.444 e. The number of amides is 1. The highest BCUT2D eigenvalue weighted by molar-refractivity contribution is 5.67. The Balaban J connectivity index is 2.33. The van der Waals surface area contributed by atoms with E-state index < -0.39 is 5.60 Å². The van der Waals surface area contributed by atoms with Crippen molar-refractivity contribution in [2.45, 2.75) is 51.4 Å². The van der Waals surface area contributed by atoms with E-state index in [1.807, 2.05) is 20.8 Å². The highest BCUT2D eigenvalue weighted by atomic mass is 16.6. The number of alkyl carbamates (subject to hydrolysis) is 1. The van der Waals surface area contributed by atoms with Gasteiger partial charge in [-0.15, -0.1) is 0 Å². The van der Waals surface area contributed by atoms with Crippen LogP contribution in [0.5, 0.6) is 0 Å². The van der Waals surface area contributed by atoms with Gasteiger partial charge in [0.05, 0.1) is 6.10 Å². The molecule has 1 amide bonds. The molecule has 17 heavy (non-hydrogen) atoms. The summed E-state index contributed by atoms with van der Waals surface area (Å²) in [7, 11) is 1.68. The van der Waals surface area contributed by atoms with E-state index in [1.54, 1.807) is 7.11 Å². The largest absolute Gasteiger partial charge is 0.444 e. The number of hydrogen-bond acceptors (Lipinski definition) is 4. The molecule has 3 atom stereocenters. The molecule has 1 rings (SSSR count). The first-order chi connectivity index (χ1) is 7.81. The molecule has 0 bridgehead atoms. The molecule has 0 spiro atoms. The monoisotopic (exact) mass is 244 g/mol. The molecular weight excluding hydrogens is 220 g/mol. The number of ether oxygens (including phenoxy) is 2. The average molecular weight is 244 g/mol. The second-order valence-electron chi connectivity index (χ2n) is 5.65. The second kappa shape index (κ2) is 5.69. The van der Waals surface area contributed by atoms with Crippen molar-refractivity contribution in [3.05, 3.63) is 0 Å². The molecule has 0 heterocycles. The van der Waals surface area contributed by atoms with Gasteiger partial charge >= 0.3 is 6.09 Å². The van der Waals surface area contributed by atoms with Crippen molar-refractivity contribution in [2.24, 2.45) is 11.7 Å². The molecule has 1 aliphatic rings. The van der Waals surface area contributed by atoms with Crippen molar-refractivity contribution in [1.29, 1.82) is 0 Å². The standard InChI is InChI=1S/C12H24N2O3/c1-12(2,3)17-11(15)14-7-8-5-9(13)6-10(8)16-4/h8-10H,5-7,13H2,1-4H3,(H,14,15)/t8-,9+,10+/m0/s1. The normalized spacial score (nSPS) is 29.1. The highest BCUT2D eigenvalue weighted by Crippen LogP contribution is 2.26. The highest BCUT2D eigenvalue weighted by Gasteiger charge is 2.32. The third kappa shape index (κ3) is 4.91. The molecule has 100 valence electrons. The summed E-state index contributed by atoms with van der Waals surface area (Å²) in [6.07, 6.45) is 1.50. The average Bonchev–Trinajstić information content (AvgIpc) is 2.53. The Hall–Kier alpha value is -0.810. The Kier molecular flexibility index (Phi) is 4.77. The smallest absolute Gasteiger partial charge is 0.407 e. The lowest BCUT2D eigenvalue weighted by Gasteiger charge is -2.22. The van der Waals surface area contributed by atoms with Crippen molar-refractivity contribution in [2.75, 3.05) is 13.7 Å². The van der Waals surface area contributed by atoms with E-state index in [-0.39, 0.29) is 24.2 Å². The zero-order chi connectivity index (χ0) is 13.1. The molecule has 3 N–H and O–H groups in total. The van der Waals surface area contributed by atoms with Crippen LogP contribution in [-0.4, -0.2) is 37.5 Å². The van der Waals surface area contributed by atoms with Gasteiger partial charge in [-0.05, 0) is 33.6 Å². The number of nitrogens with two attached hydrogens (primary N) is 1.